The number of aromatic nitrogens is 1. The zero-order chi connectivity index (χ0) is 12.4. The van der Waals surface area contributed by atoms with Crippen LogP contribution in [0.25, 0.3) is 0 Å². The zero-order valence-electron chi connectivity index (χ0n) is 9.21. The lowest BCUT2D eigenvalue weighted by Crippen LogP contribution is -2.26. The van der Waals surface area contributed by atoms with Gasteiger partial charge >= 0.3 is 5.97 Å². The lowest BCUT2D eigenvalue weighted by molar-refractivity contribution is -0.145. The fraction of sp³-hybridized carbons (Fsp3) is 0.364. The summed E-state index contributed by atoms with van der Waals surface area (Å²) in [5.41, 5.74) is 0.719. The number of rotatable bonds is 3. The van der Waals surface area contributed by atoms with Crippen LogP contribution in [-0.2, 0) is 9.59 Å². The molecule has 17 heavy (non-hydrogen) atoms. The van der Waals surface area contributed by atoms with Crippen LogP contribution >= 0.6 is 0 Å². The summed E-state index contributed by atoms with van der Waals surface area (Å²) in [6, 6.07) is 3.38. The third-order valence-corrected chi connectivity index (χ3v) is 2.84. The van der Waals surface area contributed by atoms with Crippen molar-refractivity contribution in [3.05, 3.63) is 23.9 Å². The Bertz CT molecular complexity index is 443. The standard InChI is InChI=1S/C11H12N2O4/c1-17-8-3-2-6(4-12-8)7-5-13-10(14)9(7)11(15)16/h2-4,7,9H,5H2,1H3,(H,13,14)(H,15,16)/t7-,9-/m0/s1. The molecule has 0 bridgehead atoms. The number of carboxylic acid groups (broad SMARTS) is 1. The first kappa shape index (κ1) is 11.4. The molecule has 2 heterocycles. The molecule has 0 unspecified atom stereocenters. The van der Waals surface area contributed by atoms with E-state index in [4.69, 9.17) is 9.84 Å². The van der Waals surface area contributed by atoms with E-state index in [9.17, 15) is 9.59 Å². The third-order valence-electron chi connectivity index (χ3n) is 2.84. The number of hydrogen-bond donors (Lipinski definition) is 2. The Morgan fingerprint density at radius 2 is 2.35 bits per heavy atom. The smallest absolute Gasteiger partial charge is 0.316 e. The lowest BCUT2D eigenvalue weighted by Gasteiger charge is -2.12. The van der Waals surface area contributed by atoms with Crippen molar-refractivity contribution in [1.29, 1.82) is 0 Å². The first-order valence-electron chi connectivity index (χ1n) is 5.14. The Hall–Kier alpha value is -2.11. The van der Waals surface area contributed by atoms with E-state index in [1.165, 1.54) is 7.11 Å². The van der Waals surface area contributed by atoms with Crippen molar-refractivity contribution in [2.75, 3.05) is 13.7 Å². The van der Waals surface area contributed by atoms with Crippen molar-refractivity contribution in [2.24, 2.45) is 5.92 Å². The number of pyridine rings is 1. The van der Waals surface area contributed by atoms with Gasteiger partial charge < -0.3 is 15.2 Å². The van der Waals surface area contributed by atoms with Gasteiger partial charge in [-0.05, 0) is 5.56 Å². The van der Waals surface area contributed by atoms with E-state index in [2.05, 4.69) is 10.3 Å². The van der Waals surface area contributed by atoms with Crippen LogP contribution in [0.2, 0.25) is 0 Å². The monoisotopic (exact) mass is 236 g/mol. The molecule has 2 atom stereocenters. The summed E-state index contributed by atoms with van der Waals surface area (Å²) in [7, 11) is 1.50. The number of amides is 1. The summed E-state index contributed by atoms with van der Waals surface area (Å²) >= 11 is 0. The molecule has 1 aliphatic rings. The Labute approximate surface area is 97.6 Å². The highest BCUT2D eigenvalue weighted by Crippen LogP contribution is 2.29. The van der Waals surface area contributed by atoms with Crippen LogP contribution in [0, 0.1) is 5.92 Å². The van der Waals surface area contributed by atoms with Crippen LogP contribution < -0.4 is 10.1 Å². The molecule has 1 aliphatic heterocycles. The number of hydrogen-bond acceptors (Lipinski definition) is 4. The molecular formula is C11H12N2O4. The second-order valence-electron chi connectivity index (χ2n) is 3.80. The van der Waals surface area contributed by atoms with Gasteiger partial charge in [-0.25, -0.2) is 4.98 Å². The number of nitrogens with one attached hydrogen (secondary N) is 1. The molecule has 90 valence electrons. The number of ether oxygens (including phenoxy) is 1. The Balaban J connectivity index is 2.26. The minimum Gasteiger partial charge on any atom is -0.481 e. The third kappa shape index (κ3) is 2.06. The SMILES string of the molecule is COc1ccc([C@@H]2CNC(=O)[C@H]2C(=O)O)cn1. The molecule has 1 fully saturated rings. The molecular weight excluding hydrogens is 224 g/mol. The van der Waals surface area contributed by atoms with Crippen molar-refractivity contribution in [1.82, 2.24) is 10.3 Å². The molecule has 0 saturated carbocycles. The number of carboxylic acids is 1. The molecule has 2 N–H and O–H groups in total. The summed E-state index contributed by atoms with van der Waals surface area (Å²) in [6.45, 7) is 0.323. The van der Waals surface area contributed by atoms with E-state index in [0.717, 1.165) is 5.56 Å². The molecule has 1 amide bonds. The lowest BCUT2D eigenvalue weighted by atomic mass is 9.90. The van der Waals surface area contributed by atoms with Gasteiger partial charge in [0.2, 0.25) is 11.8 Å². The normalized spacial score (nSPS) is 23.2. The Kier molecular flexibility index (Phi) is 2.95. The van der Waals surface area contributed by atoms with Gasteiger partial charge in [-0.1, -0.05) is 6.07 Å². The van der Waals surface area contributed by atoms with Crippen LogP contribution in [0.1, 0.15) is 11.5 Å². The summed E-state index contributed by atoms with van der Waals surface area (Å²) in [6.07, 6.45) is 1.54. The van der Waals surface area contributed by atoms with Gasteiger partial charge in [0.1, 0.15) is 5.92 Å². The molecule has 6 heteroatoms. The minimum atomic E-state index is -1.11. The molecule has 2 rings (SSSR count). The van der Waals surface area contributed by atoms with Gasteiger partial charge in [-0.2, -0.15) is 0 Å². The molecule has 1 saturated heterocycles. The van der Waals surface area contributed by atoms with E-state index in [1.807, 2.05) is 0 Å². The second kappa shape index (κ2) is 4.40. The van der Waals surface area contributed by atoms with Crippen LogP contribution in [0.15, 0.2) is 18.3 Å². The number of methoxy groups -OCH3 is 1. The van der Waals surface area contributed by atoms with Crippen molar-refractivity contribution in [3.8, 4) is 5.88 Å². The Morgan fingerprint density at radius 3 is 2.88 bits per heavy atom. The van der Waals surface area contributed by atoms with E-state index in [-0.39, 0.29) is 5.92 Å². The average Bonchev–Trinajstić information content (AvgIpc) is 2.71. The summed E-state index contributed by atoms with van der Waals surface area (Å²) in [5.74, 6) is -2.51. The Morgan fingerprint density at radius 1 is 1.59 bits per heavy atom. The summed E-state index contributed by atoms with van der Waals surface area (Å²) in [4.78, 5) is 26.4. The van der Waals surface area contributed by atoms with Gasteiger partial charge in [-0.3, -0.25) is 9.59 Å². The van der Waals surface area contributed by atoms with Crippen molar-refractivity contribution in [3.63, 3.8) is 0 Å². The van der Waals surface area contributed by atoms with Crippen molar-refractivity contribution >= 4 is 11.9 Å². The van der Waals surface area contributed by atoms with Gasteiger partial charge in [0.25, 0.3) is 0 Å². The topological polar surface area (TPSA) is 88.5 Å². The fourth-order valence-corrected chi connectivity index (χ4v) is 1.95. The molecule has 1 aromatic rings. The maximum atomic E-state index is 11.4. The summed E-state index contributed by atoms with van der Waals surface area (Å²) < 4.78 is 4.92. The molecule has 0 spiro atoms. The number of nitrogens with zero attached hydrogens (tertiary/aromatic N) is 1. The quantitative estimate of drug-likeness (QED) is 0.721. The predicted molar refractivity (Wildman–Crippen MR) is 57.7 cm³/mol. The number of carbonyl (C=O) groups excluding carboxylic acids is 1. The second-order valence-corrected chi connectivity index (χ2v) is 3.80. The molecule has 0 aromatic carbocycles. The van der Waals surface area contributed by atoms with E-state index in [1.54, 1.807) is 18.3 Å². The highest BCUT2D eigenvalue weighted by molar-refractivity contribution is 5.99. The van der Waals surface area contributed by atoms with Crippen molar-refractivity contribution < 1.29 is 19.4 Å². The van der Waals surface area contributed by atoms with Crippen LogP contribution in [0.4, 0.5) is 0 Å². The van der Waals surface area contributed by atoms with Gasteiger partial charge in [0.05, 0.1) is 7.11 Å². The van der Waals surface area contributed by atoms with E-state index < -0.39 is 17.8 Å². The number of aliphatic carboxylic acids is 1. The predicted octanol–water partition coefficient (Wildman–Crippen LogP) is 0.00440. The van der Waals surface area contributed by atoms with Gasteiger partial charge in [0, 0.05) is 24.7 Å². The van der Waals surface area contributed by atoms with Gasteiger partial charge in [-0.15, -0.1) is 0 Å². The van der Waals surface area contributed by atoms with Crippen LogP contribution in [-0.4, -0.2) is 35.6 Å². The largest absolute Gasteiger partial charge is 0.481 e. The van der Waals surface area contributed by atoms with E-state index in [0.29, 0.717) is 12.4 Å². The highest BCUT2D eigenvalue weighted by atomic mass is 16.5. The van der Waals surface area contributed by atoms with Crippen LogP contribution in [0.3, 0.4) is 0 Å². The van der Waals surface area contributed by atoms with Gasteiger partial charge in [0.15, 0.2) is 0 Å². The summed E-state index contributed by atoms with van der Waals surface area (Å²) in [5, 5.41) is 11.6. The highest BCUT2D eigenvalue weighted by Gasteiger charge is 2.41. The maximum absolute atomic E-state index is 11.4. The molecule has 0 radical (unpaired) electrons. The molecule has 0 aliphatic carbocycles. The average molecular weight is 236 g/mol. The minimum absolute atomic E-state index is 0.323. The van der Waals surface area contributed by atoms with E-state index >= 15 is 0 Å². The zero-order valence-corrected chi connectivity index (χ0v) is 9.21. The fourth-order valence-electron chi connectivity index (χ4n) is 1.95. The maximum Gasteiger partial charge on any atom is 0.316 e. The molecule has 6 nitrogen and oxygen atoms in total. The first-order chi connectivity index (χ1) is 8.13. The number of carbonyl (C=O) groups is 2. The van der Waals surface area contributed by atoms with Crippen molar-refractivity contribution in [2.45, 2.75) is 5.92 Å². The molecule has 1 aromatic heterocycles. The first-order valence-corrected chi connectivity index (χ1v) is 5.14. The van der Waals surface area contributed by atoms with Crippen LogP contribution in [0.5, 0.6) is 5.88 Å².